The van der Waals surface area contributed by atoms with E-state index in [1.165, 1.54) is 49.6 Å². The number of hydrogen-bond donors (Lipinski definition) is 0. The van der Waals surface area contributed by atoms with Gasteiger partial charge in [-0.15, -0.1) is 0 Å². The van der Waals surface area contributed by atoms with Gasteiger partial charge in [-0.3, -0.25) is 0 Å². The van der Waals surface area contributed by atoms with Crippen LogP contribution in [-0.4, -0.2) is 0 Å². The Hall–Kier alpha value is -6.63. The highest BCUT2D eigenvalue weighted by Gasteiger charge is 2.41. The van der Waals surface area contributed by atoms with Gasteiger partial charge < -0.3 is 9.32 Å². The number of nitrogens with zero attached hydrogens (tertiary/aromatic N) is 2. The van der Waals surface area contributed by atoms with E-state index in [0.717, 1.165) is 56.4 Å². The molecule has 264 valence electrons. The Balaban J connectivity index is 1.25. The molecule has 0 radical (unpaired) electrons. The first-order chi connectivity index (χ1) is 26.7. The van der Waals surface area contributed by atoms with Crippen molar-refractivity contribution in [2.24, 2.45) is 0 Å². The lowest BCUT2D eigenvalue weighted by molar-refractivity contribution is 0.637. The summed E-state index contributed by atoms with van der Waals surface area (Å²) in [6.07, 6.45) is 5.65. The number of benzene rings is 7. The topological polar surface area (TPSA) is 40.2 Å². The zero-order valence-electron chi connectivity index (χ0n) is 31.6. The Kier molecular flexibility index (Phi) is 7.16. The molecule has 0 bridgehead atoms. The maximum Gasteiger partial charge on any atom is 0.159 e. The molecule has 0 saturated carbocycles. The van der Waals surface area contributed by atoms with Crippen LogP contribution >= 0.6 is 0 Å². The summed E-state index contributed by atoms with van der Waals surface area (Å²) in [6.45, 7) is 14.3. The number of nitriles is 1. The van der Waals surface area contributed by atoms with Crippen molar-refractivity contribution >= 4 is 66.1 Å². The smallest absolute Gasteiger partial charge is 0.159 e. The van der Waals surface area contributed by atoms with Gasteiger partial charge in [0.1, 0.15) is 5.58 Å². The minimum absolute atomic E-state index is 0.173. The van der Waals surface area contributed by atoms with Crippen molar-refractivity contribution in [2.75, 3.05) is 4.90 Å². The predicted octanol–water partition coefficient (Wildman–Crippen LogP) is 13.9. The lowest BCUT2D eigenvalue weighted by Crippen LogP contribution is -2.22. The maximum atomic E-state index is 9.75. The molecule has 55 heavy (non-hydrogen) atoms. The van der Waals surface area contributed by atoms with Crippen molar-refractivity contribution in [3.05, 3.63) is 191 Å². The number of rotatable bonds is 3. The second kappa shape index (κ2) is 11.9. The molecule has 2 aliphatic carbocycles. The van der Waals surface area contributed by atoms with E-state index in [1.807, 2.05) is 36.4 Å². The summed E-state index contributed by atoms with van der Waals surface area (Å²) in [7, 11) is 0. The van der Waals surface area contributed by atoms with E-state index < -0.39 is 5.41 Å². The number of hydrogen-bond acceptors (Lipinski definition) is 3. The average Bonchev–Trinajstić information content (AvgIpc) is 3.70. The molecule has 7 aromatic carbocycles. The third-order valence-electron chi connectivity index (χ3n) is 12.4. The lowest BCUT2D eigenvalue weighted by Gasteiger charge is -2.33. The zero-order valence-corrected chi connectivity index (χ0v) is 31.6. The van der Waals surface area contributed by atoms with Gasteiger partial charge in [-0.2, -0.15) is 5.26 Å². The van der Waals surface area contributed by atoms with Crippen LogP contribution in [0.2, 0.25) is 0 Å². The van der Waals surface area contributed by atoms with Crippen LogP contribution in [0.25, 0.3) is 49.1 Å². The second-order valence-corrected chi connectivity index (χ2v) is 16.1. The summed E-state index contributed by atoms with van der Waals surface area (Å²) in [5.41, 5.74) is 13.6. The van der Waals surface area contributed by atoms with E-state index in [0.29, 0.717) is 5.56 Å². The van der Waals surface area contributed by atoms with E-state index in [1.54, 1.807) is 0 Å². The van der Waals surface area contributed by atoms with Crippen LogP contribution < -0.4 is 4.90 Å². The molecule has 0 fully saturated rings. The molecular weight excluding hydrogens is 669 g/mol. The molecule has 0 aliphatic heterocycles. The van der Waals surface area contributed by atoms with Gasteiger partial charge >= 0.3 is 0 Å². The van der Waals surface area contributed by atoms with Gasteiger partial charge in [0.2, 0.25) is 0 Å². The van der Waals surface area contributed by atoms with E-state index in [9.17, 15) is 5.26 Å². The Morgan fingerprint density at radius 3 is 2.13 bits per heavy atom. The standard InChI is InChI=1S/C52H40N2O/c1-32-29-42-43(52(4,5)44-27-23-34-13-6-7-14-36(34)49(42)44)28-26-38-37-15-8-9-16-39(37)47(30-45(38)51(32,2)3)54(35-24-21-33(31-53)22-25-35)46-19-12-18-41-40-17-10-11-20-48(40)55-50(41)46/h6-25,27-30H,1,26H2,2-5H3/b42-29?,43-28+. The van der Waals surface area contributed by atoms with Gasteiger partial charge in [-0.25, -0.2) is 0 Å². The predicted molar refractivity (Wildman–Crippen MR) is 230 cm³/mol. The molecule has 2 aliphatic rings. The third kappa shape index (κ3) is 4.81. The van der Waals surface area contributed by atoms with Crippen LogP contribution in [-0.2, 0) is 17.3 Å². The van der Waals surface area contributed by atoms with Crippen molar-refractivity contribution in [2.45, 2.75) is 44.9 Å². The van der Waals surface area contributed by atoms with Crippen molar-refractivity contribution in [1.29, 1.82) is 5.26 Å². The van der Waals surface area contributed by atoms with Crippen LogP contribution in [0.4, 0.5) is 17.1 Å². The highest BCUT2D eigenvalue weighted by Crippen LogP contribution is 2.55. The first-order valence-electron chi connectivity index (χ1n) is 19.1. The lowest BCUT2D eigenvalue weighted by atomic mass is 9.74. The fourth-order valence-corrected chi connectivity index (χ4v) is 9.33. The second-order valence-electron chi connectivity index (χ2n) is 16.1. The quantitative estimate of drug-likeness (QED) is 0.183. The molecule has 1 heterocycles. The van der Waals surface area contributed by atoms with Gasteiger partial charge in [0.25, 0.3) is 0 Å². The van der Waals surface area contributed by atoms with E-state index in [-0.39, 0.29) is 5.41 Å². The van der Waals surface area contributed by atoms with Crippen molar-refractivity contribution in [1.82, 2.24) is 0 Å². The first kappa shape index (κ1) is 33.0. The van der Waals surface area contributed by atoms with Crippen LogP contribution in [0.3, 0.4) is 0 Å². The molecule has 3 nitrogen and oxygen atoms in total. The number of allylic oxidation sites excluding steroid dienone is 5. The molecule has 0 spiro atoms. The number of anilines is 3. The summed E-state index contributed by atoms with van der Waals surface area (Å²) in [6, 6.07) is 49.4. The van der Waals surface area contributed by atoms with Crippen LogP contribution in [0.5, 0.6) is 0 Å². The fraction of sp³-hybridized carbons (Fsp3) is 0.135. The molecular formula is C52H40N2O. The first-order valence-corrected chi connectivity index (χ1v) is 19.1. The average molecular weight is 709 g/mol. The normalized spacial score (nSPS) is 16.7. The third-order valence-corrected chi connectivity index (χ3v) is 12.4. The van der Waals surface area contributed by atoms with Crippen molar-refractivity contribution < 1.29 is 4.42 Å². The Morgan fingerprint density at radius 1 is 0.655 bits per heavy atom. The van der Waals surface area contributed by atoms with Crippen molar-refractivity contribution in [3.63, 3.8) is 0 Å². The largest absolute Gasteiger partial charge is 0.454 e. The molecule has 0 amide bonds. The van der Waals surface area contributed by atoms with Gasteiger partial charge in [-0.1, -0.05) is 137 Å². The van der Waals surface area contributed by atoms with Crippen molar-refractivity contribution in [3.8, 4) is 6.07 Å². The molecule has 0 N–H and O–H groups in total. The van der Waals surface area contributed by atoms with Gasteiger partial charge in [0, 0.05) is 32.7 Å². The summed E-state index contributed by atoms with van der Waals surface area (Å²) in [5, 5.41) is 16.8. The fourth-order valence-electron chi connectivity index (χ4n) is 9.33. The highest BCUT2D eigenvalue weighted by molar-refractivity contribution is 6.12. The summed E-state index contributed by atoms with van der Waals surface area (Å²) < 4.78 is 6.69. The van der Waals surface area contributed by atoms with E-state index in [2.05, 4.69) is 148 Å². The number of para-hydroxylation sites is 2. The Bertz CT molecular complexity index is 3030. The van der Waals surface area contributed by atoms with E-state index >= 15 is 0 Å². The maximum absolute atomic E-state index is 9.75. The Morgan fingerprint density at radius 2 is 1.35 bits per heavy atom. The number of furan rings is 1. The Labute approximate surface area is 321 Å². The molecule has 1 aromatic heterocycles. The highest BCUT2D eigenvalue weighted by atomic mass is 16.3. The number of fused-ring (bicyclic) bond motifs is 11. The molecule has 3 heteroatoms. The SMILES string of the molecule is C=C1C=C2/C(=C\Cc3c(cc(N(c4ccc(C#N)cc4)c4cccc5c4oc4ccccc45)c4ccccc34)C1(C)C)C(C)(C)c1ccc3ccccc3c12. The zero-order chi connectivity index (χ0) is 37.6. The molecule has 0 unspecified atom stereocenters. The molecule has 8 aromatic rings. The monoisotopic (exact) mass is 708 g/mol. The molecule has 0 saturated heterocycles. The summed E-state index contributed by atoms with van der Waals surface area (Å²) >= 11 is 0. The summed E-state index contributed by atoms with van der Waals surface area (Å²) in [5.74, 6) is 0. The molecule has 10 rings (SSSR count). The minimum atomic E-state index is -0.427. The van der Waals surface area contributed by atoms with Crippen LogP contribution in [0.1, 0.15) is 55.5 Å². The summed E-state index contributed by atoms with van der Waals surface area (Å²) in [4.78, 5) is 2.32. The van der Waals surface area contributed by atoms with Crippen LogP contribution in [0.15, 0.2) is 168 Å². The van der Waals surface area contributed by atoms with Crippen LogP contribution in [0, 0.1) is 11.3 Å². The molecule has 0 atom stereocenters. The minimum Gasteiger partial charge on any atom is -0.454 e. The van der Waals surface area contributed by atoms with Gasteiger partial charge in [-0.05, 0) is 104 Å². The van der Waals surface area contributed by atoms with Gasteiger partial charge in [0.15, 0.2) is 5.58 Å². The van der Waals surface area contributed by atoms with Gasteiger partial charge in [0.05, 0.1) is 23.0 Å². The van der Waals surface area contributed by atoms with E-state index in [4.69, 9.17) is 11.0 Å².